The molecule has 2 rings (SSSR count). The highest BCUT2D eigenvalue weighted by atomic mass is 16.5. The van der Waals surface area contributed by atoms with Crippen molar-refractivity contribution >= 4 is 5.91 Å². The molecule has 11 heteroatoms. The van der Waals surface area contributed by atoms with E-state index in [2.05, 4.69) is 25.9 Å². The van der Waals surface area contributed by atoms with E-state index in [1.165, 1.54) is 0 Å². The Morgan fingerprint density at radius 3 is 2.22 bits per heavy atom. The summed E-state index contributed by atoms with van der Waals surface area (Å²) in [5.74, 6) is -0.245. The fourth-order valence-electron chi connectivity index (χ4n) is 2.26. The van der Waals surface area contributed by atoms with Crippen LogP contribution in [-0.2, 0) is 45.3 Å². The summed E-state index contributed by atoms with van der Waals surface area (Å²) in [6.45, 7) is 5.16. The topological polar surface area (TPSA) is 118 Å². The molecule has 0 bridgehead atoms. The van der Waals surface area contributed by atoms with Gasteiger partial charge >= 0.3 is 0 Å². The second-order valence-electron chi connectivity index (χ2n) is 6.02. The molecule has 0 saturated carbocycles. The largest absolute Gasteiger partial charge is 0.378 e. The van der Waals surface area contributed by atoms with Crippen molar-refractivity contribution in [3.05, 3.63) is 23.8 Å². The predicted octanol–water partition coefficient (Wildman–Crippen LogP) is -0.368. The molecule has 2 heterocycles. The van der Waals surface area contributed by atoms with Gasteiger partial charge in [-0.3, -0.25) is 4.79 Å². The summed E-state index contributed by atoms with van der Waals surface area (Å²) in [7, 11) is 3.23. The molecule has 1 amide bonds. The Morgan fingerprint density at radius 2 is 1.67 bits per heavy atom. The van der Waals surface area contributed by atoms with Crippen molar-refractivity contribution in [2.45, 2.75) is 33.2 Å². The summed E-state index contributed by atoms with van der Waals surface area (Å²) in [5.41, 5.74) is 1.51. The van der Waals surface area contributed by atoms with Gasteiger partial charge in [0.05, 0.1) is 64.4 Å². The van der Waals surface area contributed by atoms with Gasteiger partial charge < -0.3 is 19.5 Å². The molecule has 0 aliphatic carbocycles. The molecular formula is C16H27N7O4. The van der Waals surface area contributed by atoms with Crippen LogP contribution in [-0.4, -0.2) is 69.9 Å². The first-order valence-electron chi connectivity index (χ1n) is 8.76. The number of nitrogens with zero attached hydrogens (tertiary/aromatic N) is 6. The third kappa shape index (κ3) is 7.41. The first kappa shape index (κ1) is 20.9. The fourth-order valence-corrected chi connectivity index (χ4v) is 2.26. The summed E-state index contributed by atoms with van der Waals surface area (Å²) in [5, 5.41) is 18.6. The summed E-state index contributed by atoms with van der Waals surface area (Å²) >= 11 is 0. The quantitative estimate of drug-likeness (QED) is 0.467. The van der Waals surface area contributed by atoms with Gasteiger partial charge in [0, 0.05) is 14.2 Å². The molecule has 1 N–H and O–H groups in total. The standard InChI is InChI=1S/C16H27N7O4/c1-13(16(24)17-2)10-27-12-15-9-23(21-19-15)5-7-26-6-4-22-8-14(11-25-3)18-20-22/h8-9,13H,4-7,10-12H2,1-3H3,(H,17,24). The molecule has 0 aromatic carbocycles. The molecule has 0 radical (unpaired) electrons. The van der Waals surface area contributed by atoms with E-state index in [0.29, 0.717) is 51.8 Å². The van der Waals surface area contributed by atoms with Crippen molar-refractivity contribution < 1.29 is 19.0 Å². The Balaban J connectivity index is 1.58. The lowest BCUT2D eigenvalue weighted by molar-refractivity contribution is -0.126. The number of amides is 1. The minimum Gasteiger partial charge on any atom is -0.378 e. The maximum absolute atomic E-state index is 11.4. The number of hydrogen-bond acceptors (Lipinski definition) is 8. The predicted molar refractivity (Wildman–Crippen MR) is 94.5 cm³/mol. The normalized spacial score (nSPS) is 12.3. The summed E-state index contributed by atoms with van der Waals surface area (Å²) < 4.78 is 19.5. The molecule has 27 heavy (non-hydrogen) atoms. The maximum atomic E-state index is 11.4. The van der Waals surface area contributed by atoms with Crippen LogP contribution in [0.25, 0.3) is 0 Å². The number of nitrogens with one attached hydrogen (secondary N) is 1. The van der Waals surface area contributed by atoms with E-state index in [9.17, 15) is 4.79 Å². The van der Waals surface area contributed by atoms with Crippen molar-refractivity contribution in [1.29, 1.82) is 0 Å². The number of methoxy groups -OCH3 is 1. The van der Waals surface area contributed by atoms with E-state index in [1.54, 1.807) is 23.5 Å². The number of carbonyl (C=O) groups is 1. The van der Waals surface area contributed by atoms with Crippen LogP contribution in [0.1, 0.15) is 18.3 Å². The third-order valence-corrected chi connectivity index (χ3v) is 3.71. The molecule has 0 saturated heterocycles. The Kier molecular flexibility index (Phi) is 8.81. The lowest BCUT2D eigenvalue weighted by atomic mass is 10.2. The van der Waals surface area contributed by atoms with Gasteiger partial charge in [0.1, 0.15) is 11.4 Å². The van der Waals surface area contributed by atoms with Crippen molar-refractivity contribution in [2.75, 3.05) is 34.0 Å². The second-order valence-corrected chi connectivity index (χ2v) is 6.02. The van der Waals surface area contributed by atoms with Gasteiger partial charge in [0.25, 0.3) is 0 Å². The van der Waals surface area contributed by atoms with Crippen LogP contribution in [0.5, 0.6) is 0 Å². The molecule has 0 spiro atoms. The first-order valence-corrected chi connectivity index (χ1v) is 8.76. The van der Waals surface area contributed by atoms with Crippen molar-refractivity contribution in [3.63, 3.8) is 0 Å². The van der Waals surface area contributed by atoms with Gasteiger partial charge in [-0.1, -0.05) is 17.4 Å². The van der Waals surface area contributed by atoms with Gasteiger partial charge in [-0.25, -0.2) is 9.36 Å². The molecule has 0 fully saturated rings. The average molecular weight is 381 g/mol. The van der Waals surface area contributed by atoms with E-state index in [1.807, 2.05) is 19.3 Å². The van der Waals surface area contributed by atoms with Gasteiger partial charge in [-0.05, 0) is 0 Å². The molecule has 0 aliphatic rings. The van der Waals surface area contributed by atoms with Gasteiger partial charge in [-0.2, -0.15) is 0 Å². The number of ether oxygens (including phenoxy) is 3. The van der Waals surface area contributed by atoms with Gasteiger partial charge in [0.2, 0.25) is 5.91 Å². The van der Waals surface area contributed by atoms with E-state index in [-0.39, 0.29) is 11.8 Å². The molecule has 11 nitrogen and oxygen atoms in total. The second kappa shape index (κ2) is 11.4. The van der Waals surface area contributed by atoms with E-state index in [0.717, 1.165) is 5.69 Å². The first-order chi connectivity index (χ1) is 13.1. The Hall–Kier alpha value is -2.37. The lowest BCUT2D eigenvalue weighted by Gasteiger charge is -2.09. The third-order valence-electron chi connectivity index (χ3n) is 3.71. The molecule has 2 aromatic heterocycles. The Labute approximate surface area is 158 Å². The number of rotatable bonds is 13. The molecule has 150 valence electrons. The van der Waals surface area contributed by atoms with Crippen molar-refractivity contribution in [3.8, 4) is 0 Å². The summed E-state index contributed by atoms with van der Waals surface area (Å²) in [6.07, 6.45) is 3.64. The zero-order valence-electron chi connectivity index (χ0n) is 16.0. The number of hydrogen-bond donors (Lipinski definition) is 1. The molecule has 1 unspecified atom stereocenters. The number of aromatic nitrogens is 6. The van der Waals surface area contributed by atoms with Crippen LogP contribution in [0.3, 0.4) is 0 Å². The zero-order chi connectivity index (χ0) is 19.5. The molecule has 2 aromatic rings. The van der Waals surface area contributed by atoms with E-state index in [4.69, 9.17) is 14.2 Å². The van der Waals surface area contributed by atoms with E-state index >= 15 is 0 Å². The lowest BCUT2D eigenvalue weighted by Crippen LogP contribution is -2.28. The number of carbonyl (C=O) groups excluding carboxylic acids is 1. The average Bonchev–Trinajstić information content (AvgIpc) is 3.30. The molecule has 0 aliphatic heterocycles. The zero-order valence-corrected chi connectivity index (χ0v) is 16.0. The van der Waals surface area contributed by atoms with Crippen LogP contribution in [0.4, 0.5) is 0 Å². The molecular weight excluding hydrogens is 354 g/mol. The minimum absolute atomic E-state index is 0.0448. The minimum atomic E-state index is -0.200. The van der Waals surface area contributed by atoms with E-state index < -0.39 is 0 Å². The summed E-state index contributed by atoms with van der Waals surface area (Å²) in [4.78, 5) is 11.4. The fraction of sp³-hybridized carbons (Fsp3) is 0.688. The smallest absolute Gasteiger partial charge is 0.224 e. The van der Waals surface area contributed by atoms with Crippen LogP contribution < -0.4 is 5.32 Å². The summed E-state index contributed by atoms with van der Waals surface area (Å²) in [6, 6.07) is 0. The van der Waals surface area contributed by atoms with Crippen molar-refractivity contribution in [1.82, 2.24) is 35.3 Å². The van der Waals surface area contributed by atoms with Gasteiger partial charge in [-0.15, -0.1) is 10.2 Å². The Bertz CT molecular complexity index is 688. The van der Waals surface area contributed by atoms with Crippen LogP contribution in [0.2, 0.25) is 0 Å². The monoisotopic (exact) mass is 381 g/mol. The Morgan fingerprint density at radius 1 is 1.07 bits per heavy atom. The van der Waals surface area contributed by atoms with Crippen LogP contribution in [0.15, 0.2) is 12.4 Å². The van der Waals surface area contributed by atoms with Gasteiger partial charge in [0.15, 0.2) is 0 Å². The van der Waals surface area contributed by atoms with Crippen LogP contribution >= 0.6 is 0 Å². The van der Waals surface area contributed by atoms with Crippen LogP contribution in [0, 0.1) is 5.92 Å². The highest BCUT2D eigenvalue weighted by Crippen LogP contribution is 2.01. The highest BCUT2D eigenvalue weighted by Gasteiger charge is 2.11. The highest BCUT2D eigenvalue weighted by molar-refractivity contribution is 5.77. The molecule has 1 atom stereocenters. The van der Waals surface area contributed by atoms with Crippen molar-refractivity contribution in [2.24, 2.45) is 5.92 Å². The maximum Gasteiger partial charge on any atom is 0.224 e. The SMILES string of the molecule is CNC(=O)C(C)COCc1cn(CCOCCn2cc(COC)nn2)nn1.